The first kappa shape index (κ1) is 13.0. The van der Waals surface area contributed by atoms with E-state index < -0.39 is 5.97 Å². The van der Waals surface area contributed by atoms with Crippen LogP contribution in [0.25, 0.3) is 0 Å². The second kappa shape index (κ2) is 5.91. The lowest BCUT2D eigenvalue weighted by molar-refractivity contribution is -0.254. The van der Waals surface area contributed by atoms with Gasteiger partial charge in [-0.15, -0.1) is 0 Å². The predicted molar refractivity (Wildman–Crippen MR) is 71.1 cm³/mol. The normalized spacial score (nSPS) is 9.95. The van der Waals surface area contributed by atoms with Crippen LogP contribution in [0.4, 0.5) is 5.69 Å². The molecule has 0 fully saturated rings. The summed E-state index contributed by atoms with van der Waals surface area (Å²) in [7, 11) is 1.61. The van der Waals surface area contributed by atoms with Crippen molar-refractivity contribution in [1.29, 1.82) is 0 Å². The summed E-state index contributed by atoms with van der Waals surface area (Å²) < 4.78 is 5.08. The fraction of sp³-hybridized carbons (Fsp3) is 0.133. The van der Waals surface area contributed by atoms with Crippen LogP contribution in [0.1, 0.15) is 15.9 Å². The Balaban J connectivity index is 2.07. The summed E-state index contributed by atoms with van der Waals surface area (Å²) in [6, 6.07) is 14.3. The van der Waals surface area contributed by atoms with Crippen LogP contribution < -0.4 is 15.2 Å². The zero-order valence-electron chi connectivity index (χ0n) is 10.6. The highest BCUT2D eigenvalue weighted by atomic mass is 16.5. The molecule has 2 aromatic rings. The van der Waals surface area contributed by atoms with Crippen molar-refractivity contribution in [3.63, 3.8) is 0 Å². The molecule has 98 valence electrons. The maximum Gasteiger partial charge on any atom is 0.118 e. The smallest absolute Gasteiger partial charge is 0.118 e. The van der Waals surface area contributed by atoms with Crippen molar-refractivity contribution in [2.45, 2.75) is 6.54 Å². The van der Waals surface area contributed by atoms with Gasteiger partial charge in [0.05, 0.1) is 13.1 Å². The highest BCUT2D eigenvalue weighted by molar-refractivity contribution is 5.92. The Morgan fingerprint density at radius 2 is 1.84 bits per heavy atom. The molecule has 0 unspecified atom stereocenters. The van der Waals surface area contributed by atoms with Gasteiger partial charge < -0.3 is 20.0 Å². The van der Waals surface area contributed by atoms with Gasteiger partial charge in [-0.3, -0.25) is 0 Å². The topological polar surface area (TPSA) is 61.4 Å². The number of anilines is 1. The van der Waals surface area contributed by atoms with Gasteiger partial charge in [0.15, 0.2) is 0 Å². The molecule has 0 saturated carbocycles. The molecule has 1 N–H and O–H groups in total. The van der Waals surface area contributed by atoms with Crippen LogP contribution >= 0.6 is 0 Å². The molecule has 0 radical (unpaired) electrons. The number of carboxylic acid groups (broad SMARTS) is 1. The summed E-state index contributed by atoms with van der Waals surface area (Å²) in [5, 5.41) is 14.0. The van der Waals surface area contributed by atoms with E-state index in [0.717, 1.165) is 11.3 Å². The Morgan fingerprint density at radius 1 is 1.16 bits per heavy atom. The van der Waals surface area contributed by atoms with E-state index in [4.69, 9.17) is 4.74 Å². The first-order valence-electron chi connectivity index (χ1n) is 5.88. The van der Waals surface area contributed by atoms with Crippen molar-refractivity contribution in [2.24, 2.45) is 0 Å². The standard InChI is InChI=1S/C15H15NO3/c1-19-12-8-6-11(7-9-12)10-16-14-5-3-2-4-13(14)15(17)18/h2-9,16H,10H2,1H3,(H,17,18)/p-1. The molecule has 2 aromatic carbocycles. The highest BCUT2D eigenvalue weighted by Gasteiger charge is 2.02. The van der Waals surface area contributed by atoms with Gasteiger partial charge in [0.2, 0.25) is 0 Å². The third-order valence-corrected chi connectivity index (χ3v) is 2.79. The SMILES string of the molecule is COc1ccc(CNc2ccccc2C(=O)[O-])cc1. The van der Waals surface area contributed by atoms with Crippen LogP contribution in [0.2, 0.25) is 0 Å². The van der Waals surface area contributed by atoms with Gasteiger partial charge >= 0.3 is 0 Å². The molecule has 4 nitrogen and oxygen atoms in total. The van der Waals surface area contributed by atoms with Crippen LogP contribution in [-0.4, -0.2) is 13.1 Å². The molecule has 0 aliphatic heterocycles. The van der Waals surface area contributed by atoms with Crippen LogP contribution in [0, 0.1) is 0 Å². The first-order chi connectivity index (χ1) is 9.20. The summed E-state index contributed by atoms with van der Waals surface area (Å²) in [5.74, 6) is -0.392. The largest absolute Gasteiger partial charge is 0.545 e. The van der Waals surface area contributed by atoms with Crippen molar-refractivity contribution in [1.82, 2.24) is 0 Å². The van der Waals surface area contributed by atoms with Gasteiger partial charge in [-0.25, -0.2) is 0 Å². The summed E-state index contributed by atoms with van der Waals surface area (Å²) >= 11 is 0. The number of methoxy groups -OCH3 is 1. The molecule has 0 bridgehead atoms. The van der Waals surface area contributed by atoms with Gasteiger partial charge in [-0.1, -0.05) is 30.3 Å². The molecular formula is C15H14NO3-. The molecule has 0 amide bonds. The molecule has 0 aromatic heterocycles. The lowest BCUT2D eigenvalue weighted by atomic mass is 10.1. The fourth-order valence-electron chi connectivity index (χ4n) is 1.76. The Labute approximate surface area is 111 Å². The minimum absolute atomic E-state index is 0.163. The van der Waals surface area contributed by atoms with Gasteiger partial charge in [0.25, 0.3) is 0 Å². The number of rotatable bonds is 5. The molecule has 4 heteroatoms. The lowest BCUT2D eigenvalue weighted by Gasteiger charge is -2.12. The monoisotopic (exact) mass is 256 g/mol. The number of carbonyl (C=O) groups excluding carboxylic acids is 1. The number of para-hydroxylation sites is 1. The minimum atomic E-state index is -1.18. The molecule has 2 rings (SSSR count). The number of hydrogen-bond donors (Lipinski definition) is 1. The molecule has 0 saturated heterocycles. The van der Waals surface area contributed by atoms with Crippen LogP contribution in [0.5, 0.6) is 5.75 Å². The maximum atomic E-state index is 10.9. The third kappa shape index (κ3) is 3.25. The Bertz CT molecular complexity index is 564. The number of ether oxygens (including phenoxy) is 1. The maximum absolute atomic E-state index is 10.9. The van der Waals surface area contributed by atoms with Crippen LogP contribution in [0.3, 0.4) is 0 Å². The minimum Gasteiger partial charge on any atom is -0.545 e. The van der Waals surface area contributed by atoms with E-state index in [9.17, 15) is 9.90 Å². The summed E-state index contributed by atoms with van der Waals surface area (Å²) in [6.07, 6.45) is 0. The zero-order valence-corrected chi connectivity index (χ0v) is 10.6. The zero-order chi connectivity index (χ0) is 13.7. The first-order valence-corrected chi connectivity index (χ1v) is 5.88. The predicted octanol–water partition coefficient (Wildman–Crippen LogP) is 1.67. The van der Waals surface area contributed by atoms with E-state index in [1.807, 2.05) is 24.3 Å². The lowest BCUT2D eigenvalue weighted by Crippen LogP contribution is -2.23. The van der Waals surface area contributed by atoms with E-state index in [-0.39, 0.29) is 5.56 Å². The fourth-order valence-corrected chi connectivity index (χ4v) is 1.76. The van der Waals surface area contributed by atoms with E-state index >= 15 is 0 Å². The Hall–Kier alpha value is -2.49. The van der Waals surface area contributed by atoms with Crippen molar-refractivity contribution < 1.29 is 14.6 Å². The molecule has 0 spiro atoms. The quantitative estimate of drug-likeness (QED) is 0.884. The number of hydrogen-bond acceptors (Lipinski definition) is 4. The van der Waals surface area contributed by atoms with Crippen LogP contribution in [-0.2, 0) is 6.54 Å². The number of carbonyl (C=O) groups is 1. The van der Waals surface area contributed by atoms with Crippen molar-refractivity contribution in [3.8, 4) is 5.75 Å². The van der Waals surface area contributed by atoms with Crippen molar-refractivity contribution in [2.75, 3.05) is 12.4 Å². The number of nitrogens with one attached hydrogen (secondary N) is 1. The van der Waals surface area contributed by atoms with Crippen LogP contribution in [0.15, 0.2) is 48.5 Å². The van der Waals surface area contributed by atoms with Gasteiger partial charge in [0.1, 0.15) is 5.75 Å². The number of benzene rings is 2. The third-order valence-electron chi connectivity index (χ3n) is 2.79. The van der Waals surface area contributed by atoms with Gasteiger partial charge in [-0.2, -0.15) is 0 Å². The number of carboxylic acids is 1. The molecule has 0 atom stereocenters. The Morgan fingerprint density at radius 3 is 2.47 bits per heavy atom. The van der Waals surface area contributed by atoms with Gasteiger partial charge in [0, 0.05) is 17.8 Å². The van der Waals surface area contributed by atoms with E-state index in [1.54, 1.807) is 25.3 Å². The van der Waals surface area contributed by atoms with E-state index in [2.05, 4.69) is 5.32 Å². The molecule has 0 aliphatic rings. The number of aromatic carboxylic acids is 1. The molecule has 0 aliphatic carbocycles. The summed E-state index contributed by atoms with van der Waals surface area (Å²) in [5.41, 5.74) is 1.75. The second-order valence-electron chi connectivity index (χ2n) is 4.03. The second-order valence-corrected chi connectivity index (χ2v) is 4.03. The Kier molecular flexibility index (Phi) is 4.03. The average Bonchev–Trinajstić information content (AvgIpc) is 2.46. The molecule has 19 heavy (non-hydrogen) atoms. The van der Waals surface area contributed by atoms with E-state index in [1.165, 1.54) is 6.07 Å². The summed E-state index contributed by atoms with van der Waals surface area (Å²) in [6.45, 7) is 0.536. The highest BCUT2D eigenvalue weighted by Crippen LogP contribution is 2.16. The van der Waals surface area contributed by atoms with Crippen molar-refractivity contribution in [3.05, 3.63) is 59.7 Å². The van der Waals surface area contributed by atoms with Gasteiger partial charge in [-0.05, 0) is 23.8 Å². The molecular weight excluding hydrogens is 242 g/mol. The van der Waals surface area contributed by atoms with E-state index in [0.29, 0.717) is 12.2 Å². The van der Waals surface area contributed by atoms with Crippen molar-refractivity contribution >= 4 is 11.7 Å². The summed E-state index contributed by atoms with van der Waals surface area (Å²) in [4.78, 5) is 10.9. The molecule has 0 heterocycles. The average molecular weight is 256 g/mol.